The van der Waals surface area contributed by atoms with Crippen molar-refractivity contribution in [3.63, 3.8) is 0 Å². The molecule has 1 aromatic heterocycles. The number of ether oxygens (including phenoxy) is 2. The van der Waals surface area contributed by atoms with Crippen LogP contribution >= 0.6 is 0 Å². The van der Waals surface area contributed by atoms with Gasteiger partial charge in [-0.1, -0.05) is 0 Å². The highest BCUT2D eigenvalue weighted by Crippen LogP contribution is 2.25. The van der Waals surface area contributed by atoms with Crippen molar-refractivity contribution in [2.75, 3.05) is 31.8 Å². The van der Waals surface area contributed by atoms with E-state index < -0.39 is 34.4 Å². The number of hydrogen-bond donors (Lipinski definition) is 0. The predicted molar refractivity (Wildman–Crippen MR) is 131 cm³/mol. The summed E-state index contributed by atoms with van der Waals surface area (Å²) < 4.78 is 35.8. The summed E-state index contributed by atoms with van der Waals surface area (Å²) in [7, 11) is -1.67. The van der Waals surface area contributed by atoms with Gasteiger partial charge in [-0.15, -0.1) is 0 Å². The number of carbonyl (C=O) groups is 2. The monoisotopic (exact) mass is 499 g/mol. The molecular formula is C25H29N3O6S. The molecule has 1 atom stereocenters. The molecule has 0 bridgehead atoms. The van der Waals surface area contributed by atoms with Gasteiger partial charge in [0, 0.05) is 30.2 Å². The van der Waals surface area contributed by atoms with Gasteiger partial charge >= 0.3 is 5.97 Å². The molecule has 0 saturated carbocycles. The zero-order chi connectivity index (χ0) is 25.8. The topological polar surface area (TPSA) is 119 Å². The second-order valence-electron chi connectivity index (χ2n) is 8.40. The van der Waals surface area contributed by atoms with E-state index in [0.717, 1.165) is 22.8 Å². The number of benzene rings is 1. The summed E-state index contributed by atoms with van der Waals surface area (Å²) in [6.07, 6.45) is 1.79. The molecule has 0 radical (unpaired) electrons. The standard InChI is InChI=1S/C25H29N3O6S/c1-5-33-23-8-6-21(7-9-23)28-17(2)12-19(18(28)3)13-20(14-26)25(30)34-15-24(29)27(4)22-10-11-35(31,32)16-22/h6-9,12-13,22H,5,10-11,15-16H2,1-4H3/b20-13+. The first kappa shape index (κ1) is 26.0. The first-order valence-electron chi connectivity index (χ1n) is 11.2. The zero-order valence-electron chi connectivity index (χ0n) is 20.3. The Morgan fingerprint density at radius 3 is 2.51 bits per heavy atom. The molecule has 1 unspecified atom stereocenters. The van der Waals surface area contributed by atoms with Gasteiger partial charge in [0.05, 0.1) is 18.1 Å². The number of aryl methyl sites for hydroxylation is 1. The van der Waals surface area contributed by atoms with Gasteiger partial charge in [-0.05, 0) is 69.2 Å². The van der Waals surface area contributed by atoms with Crippen molar-refractivity contribution in [3.8, 4) is 17.5 Å². The third-order valence-corrected chi connectivity index (χ3v) is 7.74. The molecule has 1 aliphatic heterocycles. The molecule has 1 aliphatic rings. The molecule has 0 spiro atoms. The minimum atomic E-state index is -3.15. The van der Waals surface area contributed by atoms with Gasteiger partial charge in [0.25, 0.3) is 5.91 Å². The molecule has 3 rings (SSSR count). The summed E-state index contributed by atoms with van der Waals surface area (Å²) in [4.78, 5) is 26.2. The van der Waals surface area contributed by atoms with Crippen molar-refractivity contribution in [1.82, 2.24) is 9.47 Å². The molecule has 0 N–H and O–H groups in total. The highest BCUT2D eigenvalue weighted by molar-refractivity contribution is 7.91. The van der Waals surface area contributed by atoms with Crippen molar-refractivity contribution in [2.45, 2.75) is 33.2 Å². The van der Waals surface area contributed by atoms with Gasteiger partial charge in [-0.2, -0.15) is 5.26 Å². The summed E-state index contributed by atoms with van der Waals surface area (Å²) in [5.74, 6) is -0.740. The summed E-state index contributed by atoms with van der Waals surface area (Å²) in [6.45, 7) is 5.72. The number of amides is 1. The predicted octanol–water partition coefficient (Wildman–Crippen LogP) is 2.59. The fourth-order valence-corrected chi connectivity index (χ4v) is 5.85. The highest BCUT2D eigenvalue weighted by atomic mass is 32.2. The third kappa shape index (κ3) is 6.11. The van der Waals surface area contributed by atoms with Crippen LogP contribution in [0.3, 0.4) is 0 Å². The van der Waals surface area contributed by atoms with Crippen molar-refractivity contribution in [2.24, 2.45) is 0 Å². The minimum absolute atomic E-state index is 0.0332. The Morgan fingerprint density at radius 2 is 1.94 bits per heavy atom. The second kappa shape index (κ2) is 10.8. The van der Waals surface area contributed by atoms with Crippen molar-refractivity contribution < 1.29 is 27.5 Å². The molecule has 186 valence electrons. The lowest BCUT2D eigenvalue weighted by Gasteiger charge is -2.23. The van der Waals surface area contributed by atoms with E-state index >= 15 is 0 Å². The minimum Gasteiger partial charge on any atom is -0.494 e. The van der Waals surface area contributed by atoms with Crippen molar-refractivity contribution >= 4 is 27.8 Å². The van der Waals surface area contributed by atoms with Crippen LogP contribution in [-0.4, -0.2) is 67.6 Å². The summed E-state index contributed by atoms with van der Waals surface area (Å²) in [6, 6.07) is 10.9. The average Bonchev–Trinajstić information content (AvgIpc) is 3.33. The van der Waals surface area contributed by atoms with Gasteiger partial charge < -0.3 is 18.9 Å². The number of likely N-dealkylation sites (N-methyl/N-ethyl adjacent to an activating group) is 1. The van der Waals surface area contributed by atoms with E-state index in [4.69, 9.17) is 9.47 Å². The van der Waals surface area contributed by atoms with Gasteiger partial charge in [0.2, 0.25) is 0 Å². The van der Waals surface area contributed by atoms with E-state index in [-0.39, 0.29) is 17.1 Å². The summed E-state index contributed by atoms with van der Waals surface area (Å²) >= 11 is 0. The fourth-order valence-electron chi connectivity index (χ4n) is 4.07. The lowest BCUT2D eigenvalue weighted by molar-refractivity contribution is -0.148. The number of nitriles is 1. The lowest BCUT2D eigenvalue weighted by atomic mass is 10.1. The number of rotatable bonds is 8. The van der Waals surface area contributed by atoms with Crippen molar-refractivity contribution in [1.29, 1.82) is 5.26 Å². The number of sulfone groups is 1. The van der Waals surface area contributed by atoms with E-state index in [2.05, 4.69) is 0 Å². The largest absolute Gasteiger partial charge is 0.494 e. The second-order valence-corrected chi connectivity index (χ2v) is 10.6. The zero-order valence-corrected chi connectivity index (χ0v) is 21.1. The van der Waals surface area contributed by atoms with Crippen LogP contribution in [0.25, 0.3) is 11.8 Å². The van der Waals surface area contributed by atoms with E-state index in [1.807, 2.05) is 61.7 Å². The Labute approximate surface area is 205 Å². The molecule has 0 aliphatic carbocycles. The lowest BCUT2D eigenvalue weighted by Crippen LogP contribution is -2.40. The Kier molecular flexibility index (Phi) is 8.02. The molecule has 10 heteroatoms. The first-order chi connectivity index (χ1) is 16.6. The Bertz CT molecular complexity index is 1290. The maximum absolute atomic E-state index is 12.5. The van der Waals surface area contributed by atoms with Crippen LogP contribution in [0.5, 0.6) is 5.75 Å². The molecule has 2 aromatic rings. The average molecular weight is 500 g/mol. The number of nitrogens with zero attached hydrogens (tertiary/aromatic N) is 3. The quantitative estimate of drug-likeness (QED) is 0.311. The van der Waals surface area contributed by atoms with Crippen molar-refractivity contribution in [3.05, 3.63) is 52.9 Å². The molecule has 1 amide bonds. The van der Waals surface area contributed by atoms with Crippen LogP contribution in [-0.2, 0) is 24.2 Å². The summed E-state index contributed by atoms with van der Waals surface area (Å²) in [5, 5.41) is 9.53. The van der Waals surface area contributed by atoms with Gasteiger partial charge in [-0.25, -0.2) is 13.2 Å². The highest BCUT2D eigenvalue weighted by Gasteiger charge is 2.33. The molecule has 1 fully saturated rings. The molecule has 1 aromatic carbocycles. The first-order valence-corrected chi connectivity index (χ1v) is 13.1. The number of carbonyl (C=O) groups excluding carboxylic acids is 2. The van der Waals surface area contributed by atoms with Gasteiger partial charge in [0.1, 0.15) is 17.4 Å². The number of aromatic nitrogens is 1. The SMILES string of the molecule is CCOc1ccc(-n2c(C)cc(/C=C(\C#N)C(=O)OCC(=O)N(C)C3CCS(=O)(=O)C3)c2C)cc1. The van der Waals surface area contributed by atoms with E-state index in [1.54, 1.807) is 0 Å². The smallest absolute Gasteiger partial charge is 0.349 e. The van der Waals surface area contributed by atoms with E-state index in [0.29, 0.717) is 18.6 Å². The van der Waals surface area contributed by atoms with E-state index in [9.17, 15) is 23.3 Å². The maximum Gasteiger partial charge on any atom is 0.349 e. The fraction of sp³-hybridized carbons (Fsp3) is 0.400. The van der Waals surface area contributed by atoms with Crippen LogP contribution in [0.4, 0.5) is 0 Å². The Morgan fingerprint density at radius 1 is 1.26 bits per heavy atom. The Hall–Kier alpha value is -3.58. The number of hydrogen-bond acceptors (Lipinski definition) is 7. The molecule has 2 heterocycles. The van der Waals surface area contributed by atoms with Crippen LogP contribution in [0, 0.1) is 25.2 Å². The van der Waals surface area contributed by atoms with Gasteiger partial charge in [0.15, 0.2) is 16.4 Å². The Balaban J connectivity index is 1.71. The molecule has 9 nitrogen and oxygen atoms in total. The normalized spacial score (nSPS) is 17.0. The van der Waals surface area contributed by atoms with Crippen LogP contribution in [0.2, 0.25) is 0 Å². The van der Waals surface area contributed by atoms with E-state index in [1.165, 1.54) is 18.0 Å². The van der Waals surface area contributed by atoms with Crippen LogP contribution in [0.1, 0.15) is 30.3 Å². The molecule has 35 heavy (non-hydrogen) atoms. The molecular weight excluding hydrogens is 470 g/mol. The van der Waals surface area contributed by atoms with Crippen LogP contribution in [0.15, 0.2) is 35.9 Å². The summed E-state index contributed by atoms with van der Waals surface area (Å²) in [5.41, 5.74) is 3.07. The van der Waals surface area contributed by atoms with Crippen LogP contribution < -0.4 is 4.74 Å². The molecule has 1 saturated heterocycles. The van der Waals surface area contributed by atoms with Gasteiger partial charge in [-0.3, -0.25) is 4.79 Å². The maximum atomic E-state index is 12.5. The third-order valence-electron chi connectivity index (χ3n) is 5.99. The number of esters is 1.